The maximum atomic E-state index is 12.8. The number of halogens is 1. The van der Waals surface area contributed by atoms with Crippen LogP contribution >= 0.6 is 15.9 Å². The topological polar surface area (TPSA) is 60.0 Å². The molecule has 7 heteroatoms. The number of benzene rings is 2. The summed E-state index contributed by atoms with van der Waals surface area (Å²) in [6.45, 7) is 5.30. The highest BCUT2D eigenvalue weighted by Crippen LogP contribution is 2.40. The van der Waals surface area contributed by atoms with Crippen molar-refractivity contribution in [3.8, 4) is 17.2 Å². The van der Waals surface area contributed by atoms with E-state index in [0.717, 1.165) is 23.0 Å². The molecule has 0 fully saturated rings. The van der Waals surface area contributed by atoms with E-state index in [0.29, 0.717) is 22.9 Å². The van der Waals surface area contributed by atoms with Crippen LogP contribution in [0.25, 0.3) is 0 Å². The molecular weight excluding hydrogens is 436 g/mol. The van der Waals surface area contributed by atoms with Gasteiger partial charge in [-0.1, -0.05) is 41.1 Å². The highest BCUT2D eigenvalue weighted by atomic mass is 79.9. The molecule has 2 rings (SSSR count). The standard InChI is InChI=1S/C22H29BrN2O4/c1-6-11-25(15(2)17-9-7-8-10-18(17)23)14-21(26)24-16-12-19(27-3)22(29-5)20(13-16)28-4/h7-10,12-13,15H,6,11,14H2,1-5H3,(H,24,26). The molecule has 0 heterocycles. The highest BCUT2D eigenvalue weighted by molar-refractivity contribution is 9.10. The van der Waals surface area contributed by atoms with Gasteiger partial charge in [0.05, 0.1) is 27.9 Å². The van der Waals surface area contributed by atoms with Crippen LogP contribution in [0, 0.1) is 0 Å². The van der Waals surface area contributed by atoms with Crippen LogP contribution in [0.1, 0.15) is 31.9 Å². The zero-order chi connectivity index (χ0) is 21.4. The molecule has 0 aliphatic rings. The van der Waals surface area contributed by atoms with Crippen molar-refractivity contribution in [3.63, 3.8) is 0 Å². The lowest BCUT2D eigenvalue weighted by atomic mass is 10.1. The van der Waals surface area contributed by atoms with Gasteiger partial charge >= 0.3 is 0 Å². The molecule has 2 aromatic rings. The predicted molar refractivity (Wildman–Crippen MR) is 119 cm³/mol. The Morgan fingerprint density at radius 1 is 1.10 bits per heavy atom. The quantitative estimate of drug-likeness (QED) is 0.542. The Balaban J connectivity index is 2.18. The van der Waals surface area contributed by atoms with Gasteiger partial charge in [-0.25, -0.2) is 0 Å². The van der Waals surface area contributed by atoms with Crippen LogP contribution in [-0.2, 0) is 4.79 Å². The second-order valence-electron chi connectivity index (χ2n) is 6.63. The van der Waals surface area contributed by atoms with Crippen molar-refractivity contribution in [2.24, 2.45) is 0 Å². The third-order valence-electron chi connectivity index (χ3n) is 4.71. The fourth-order valence-corrected chi connectivity index (χ4v) is 3.86. The van der Waals surface area contributed by atoms with Gasteiger partial charge in [0, 0.05) is 28.3 Å². The fourth-order valence-electron chi connectivity index (χ4n) is 3.25. The van der Waals surface area contributed by atoms with Gasteiger partial charge in [0.2, 0.25) is 11.7 Å². The molecule has 0 saturated carbocycles. The minimum atomic E-state index is -0.105. The van der Waals surface area contributed by atoms with Gasteiger partial charge in [-0.2, -0.15) is 0 Å². The Labute approximate surface area is 181 Å². The Hall–Kier alpha value is -2.25. The van der Waals surface area contributed by atoms with E-state index >= 15 is 0 Å². The molecule has 158 valence electrons. The molecule has 1 atom stereocenters. The lowest BCUT2D eigenvalue weighted by Crippen LogP contribution is -2.36. The molecule has 0 aromatic heterocycles. The van der Waals surface area contributed by atoms with E-state index in [9.17, 15) is 4.79 Å². The number of methoxy groups -OCH3 is 3. The molecule has 1 amide bonds. The van der Waals surface area contributed by atoms with Gasteiger partial charge in [0.25, 0.3) is 0 Å². The normalized spacial score (nSPS) is 11.8. The maximum Gasteiger partial charge on any atom is 0.238 e. The number of nitrogens with one attached hydrogen (secondary N) is 1. The number of carbonyl (C=O) groups excluding carboxylic acids is 1. The summed E-state index contributed by atoms with van der Waals surface area (Å²) in [4.78, 5) is 15.0. The first-order valence-electron chi connectivity index (χ1n) is 9.53. The third-order valence-corrected chi connectivity index (χ3v) is 5.43. The molecule has 2 aromatic carbocycles. The third kappa shape index (κ3) is 5.87. The van der Waals surface area contributed by atoms with E-state index in [-0.39, 0.29) is 18.5 Å². The van der Waals surface area contributed by atoms with Crippen molar-refractivity contribution in [1.82, 2.24) is 4.90 Å². The van der Waals surface area contributed by atoms with Gasteiger partial charge in [-0.3, -0.25) is 9.69 Å². The molecule has 1 unspecified atom stereocenters. The maximum absolute atomic E-state index is 12.8. The average molecular weight is 465 g/mol. The molecule has 0 saturated heterocycles. The van der Waals surface area contributed by atoms with Crippen LogP contribution in [0.3, 0.4) is 0 Å². The number of carbonyl (C=O) groups is 1. The lowest BCUT2D eigenvalue weighted by molar-refractivity contribution is -0.117. The first kappa shape index (κ1) is 23.0. The Morgan fingerprint density at radius 2 is 1.72 bits per heavy atom. The number of anilines is 1. The summed E-state index contributed by atoms with van der Waals surface area (Å²) < 4.78 is 17.1. The zero-order valence-corrected chi connectivity index (χ0v) is 19.2. The van der Waals surface area contributed by atoms with Gasteiger partial charge in [0.1, 0.15) is 0 Å². The smallest absolute Gasteiger partial charge is 0.238 e. The molecule has 1 N–H and O–H groups in total. The average Bonchev–Trinajstić information content (AvgIpc) is 2.72. The Bertz CT molecular complexity index is 803. The summed E-state index contributed by atoms with van der Waals surface area (Å²) in [5, 5.41) is 2.94. The van der Waals surface area contributed by atoms with E-state index in [1.54, 1.807) is 33.5 Å². The number of ether oxygens (including phenoxy) is 3. The first-order chi connectivity index (χ1) is 13.9. The summed E-state index contributed by atoms with van der Waals surface area (Å²) >= 11 is 3.61. The van der Waals surface area contributed by atoms with Gasteiger partial charge in [-0.15, -0.1) is 0 Å². The largest absolute Gasteiger partial charge is 0.493 e. The molecular formula is C22H29BrN2O4. The molecule has 0 aliphatic heterocycles. The number of rotatable bonds is 10. The van der Waals surface area contributed by atoms with Crippen LogP contribution in [0.2, 0.25) is 0 Å². The minimum Gasteiger partial charge on any atom is -0.493 e. The zero-order valence-electron chi connectivity index (χ0n) is 17.6. The van der Waals surface area contributed by atoms with Crippen molar-refractivity contribution >= 4 is 27.5 Å². The van der Waals surface area contributed by atoms with Crippen LogP contribution < -0.4 is 19.5 Å². The second kappa shape index (κ2) is 11.1. The fraction of sp³-hybridized carbons (Fsp3) is 0.409. The summed E-state index contributed by atoms with van der Waals surface area (Å²) in [5.41, 5.74) is 1.75. The molecule has 0 spiro atoms. The van der Waals surface area contributed by atoms with Gasteiger partial charge in [-0.05, 0) is 31.5 Å². The molecule has 0 bridgehead atoms. The van der Waals surface area contributed by atoms with Crippen LogP contribution in [0.15, 0.2) is 40.9 Å². The summed E-state index contributed by atoms with van der Waals surface area (Å²) in [7, 11) is 4.64. The lowest BCUT2D eigenvalue weighted by Gasteiger charge is -2.29. The van der Waals surface area contributed by atoms with Crippen molar-refractivity contribution in [2.45, 2.75) is 26.3 Å². The van der Waals surface area contributed by atoms with E-state index < -0.39 is 0 Å². The van der Waals surface area contributed by atoms with Crippen molar-refractivity contribution in [3.05, 3.63) is 46.4 Å². The van der Waals surface area contributed by atoms with Crippen molar-refractivity contribution in [2.75, 3.05) is 39.7 Å². The Kier molecular flexibility index (Phi) is 8.79. The number of hydrogen-bond acceptors (Lipinski definition) is 5. The SMILES string of the molecule is CCCN(CC(=O)Nc1cc(OC)c(OC)c(OC)c1)C(C)c1ccccc1Br. The van der Waals surface area contributed by atoms with E-state index in [1.165, 1.54) is 0 Å². The van der Waals surface area contributed by atoms with Crippen LogP contribution in [-0.4, -0.2) is 45.2 Å². The van der Waals surface area contributed by atoms with Crippen LogP contribution in [0.4, 0.5) is 5.69 Å². The number of hydrogen-bond donors (Lipinski definition) is 1. The predicted octanol–water partition coefficient (Wildman–Crippen LogP) is 4.89. The van der Waals surface area contributed by atoms with E-state index in [2.05, 4.69) is 46.1 Å². The van der Waals surface area contributed by atoms with E-state index in [1.807, 2.05) is 18.2 Å². The molecule has 0 radical (unpaired) electrons. The van der Waals surface area contributed by atoms with Gasteiger partial charge in [0.15, 0.2) is 11.5 Å². The molecule has 6 nitrogen and oxygen atoms in total. The summed E-state index contributed by atoms with van der Waals surface area (Å²) in [5.74, 6) is 1.37. The number of nitrogens with zero attached hydrogens (tertiary/aromatic N) is 1. The minimum absolute atomic E-state index is 0.0937. The summed E-state index contributed by atoms with van der Waals surface area (Å²) in [6.07, 6.45) is 0.951. The second-order valence-corrected chi connectivity index (χ2v) is 7.48. The Morgan fingerprint density at radius 3 is 2.24 bits per heavy atom. The van der Waals surface area contributed by atoms with E-state index in [4.69, 9.17) is 14.2 Å². The van der Waals surface area contributed by atoms with Gasteiger partial charge < -0.3 is 19.5 Å². The highest BCUT2D eigenvalue weighted by Gasteiger charge is 2.21. The van der Waals surface area contributed by atoms with Crippen molar-refractivity contribution in [1.29, 1.82) is 0 Å². The molecule has 29 heavy (non-hydrogen) atoms. The van der Waals surface area contributed by atoms with Crippen molar-refractivity contribution < 1.29 is 19.0 Å². The first-order valence-corrected chi connectivity index (χ1v) is 10.3. The summed E-state index contributed by atoms with van der Waals surface area (Å²) in [6, 6.07) is 11.6. The molecule has 0 aliphatic carbocycles. The monoisotopic (exact) mass is 464 g/mol. The number of amides is 1. The van der Waals surface area contributed by atoms with Crippen LogP contribution in [0.5, 0.6) is 17.2 Å².